The van der Waals surface area contributed by atoms with Gasteiger partial charge in [-0.25, -0.2) is 0 Å². The molecule has 4 heteroatoms. The lowest BCUT2D eigenvalue weighted by molar-refractivity contribution is 0.102. The predicted octanol–water partition coefficient (Wildman–Crippen LogP) is 2.28. The summed E-state index contributed by atoms with van der Waals surface area (Å²) in [5.74, 6) is 0.437. The summed E-state index contributed by atoms with van der Waals surface area (Å²) in [7, 11) is 3.27. The summed E-state index contributed by atoms with van der Waals surface area (Å²) in [4.78, 5) is 12.5. The minimum Gasteiger partial charge on any atom is -0.493 e. The summed E-state index contributed by atoms with van der Waals surface area (Å²) in [6.45, 7) is 3.94. The molecule has 0 saturated heterocycles. The number of hydrogen-bond donors (Lipinski definition) is 0. The quantitative estimate of drug-likeness (QED) is 0.778. The molecule has 0 unspecified atom stereocenters. The molecule has 94 valence electrons. The SMILES string of the molecule is COc1cnn(C)c1C(=O)c1ccc(C)cc1C. The van der Waals surface area contributed by atoms with Crippen LogP contribution in [0.25, 0.3) is 0 Å². The van der Waals surface area contributed by atoms with Crippen molar-refractivity contribution >= 4 is 5.78 Å². The van der Waals surface area contributed by atoms with Gasteiger partial charge in [-0.15, -0.1) is 0 Å². The van der Waals surface area contributed by atoms with Crippen molar-refractivity contribution in [2.75, 3.05) is 7.11 Å². The van der Waals surface area contributed by atoms with Gasteiger partial charge in [0, 0.05) is 12.6 Å². The van der Waals surface area contributed by atoms with Crippen LogP contribution in [0.5, 0.6) is 5.75 Å². The molecule has 18 heavy (non-hydrogen) atoms. The number of hydrogen-bond acceptors (Lipinski definition) is 3. The number of ketones is 1. The Labute approximate surface area is 106 Å². The van der Waals surface area contributed by atoms with Crippen molar-refractivity contribution in [2.45, 2.75) is 13.8 Å². The second kappa shape index (κ2) is 4.64. The Morgan fingerprint density at radius 2 is 2.06 bits per heavy atom. The van der Waals surface area contributed by atoms with Gasteiger partial charge in [-0.2, -0.15) is 5.10 Å². The van der Waals surface area contributed by atoms with E-state index in [9.17, 15) is 4.79 Å². The number of ether oxygens (including phenoxy) is 1. The Hall–Kier alpha value is -2.10. The molecule has 2 aromatic rings. The van der Waals surface area contributed by atoms with E-state index in [1.807, 2.05) is 32.0 Å². The highest BCUT2D eigenvalue weighted by Gasteiger charge is 2.20. The number of aromatic nitrogens is 2. The number of rotatable bonds is 3. The van der Waals surface area contributed by atoms with E-state index in [1.54, 1.807) is 17.9 Å². The molecule has 0 aliphatic rings. The number of methoxy groups -OCH3 is 1. The van der Waals surface area contributed by atoms with Crippen molar-refractivity contribution in [2.24, 2.45) is 7.05 Å². The number of carbonyl (C=O) groups is 1. The molecule has 1 aromatic carbocycles. The molecule has 0 fully saturated rings. The molecule has 0 amide bonds. The van der Waals surface area contributed by atoms with Crippen LogP contribution in [0.2, 0.25) is 0 Å². The first-order valence-electron chi connectivity index (χ1n) is 5.72. The van der Waals surface area contributed by atoms with Gasteiger partial charge in [0.2, 0.25) is 5.78 Å². The lowest BCUT2D eigenvalue weighted by Crippen LogP contribution is -2.11. The van der Waals surface area contributed by atoms with Crippen molar-refractivity contribution in [3.8, 4) is 5.75 Å². The van der Waals surface area contributed by atoms with Crippen LogP contribution < -0.4 is 4.74 Å². The van der Waals surface area contributed by atoms with Gasteiger partial charge in [0.1, 0.15) is 0 Å². The van der Waals surface area contributed by atoms with E-state index in [0.717, 1.165) is 11.1 Å². The summed E-state index contributed by atoms with van der Waals surface area (Å²) in [6.07, 6.45) is 1.55. The molecule has 0 saturated carbocycles. The molecule has 1 aromatic heterocycles. The van der Waals surface area contributed by atoms with Gasteiger partial charge in [0.05, 0.1) is 13.3 Å². The number of aryl methyl sites for hydroxylation is 3. The molecule has 4 nitrogen and oxygen atoms in total. The summed E-state index contributed by atoms with van der Waals surface area (Å²) in [5.41, 5.74) is 3.26. The third-order valence-electron chi connectivity index (χ3n) is 2.97. The van der Waals surface area contributed by atoms with Crippen LogP contribution in [0, 0.1) is 13.8 Å². The normalized spacial score (nSPS) is 10.4. The molecule has 0 aliphatic heterocycles. The monoisotopic (exact) mass is 244 g/mol. The Balaban J connectivity index is 2.51. The average molecular weight is 244 g/mol. The minimum atomic E-state index is -0.0654. The maximum atomic E-state index is 12.5. The first-order chi connectivity index (χ1) is 8.54. The Kier molecular flexibility index (Phi) is 3.19. The van der Waals surface area contributed by atoms with Gasteiger partial charge in [0.25, 0.3) is 0 Å². The molecule has 0 atom stereocenters. The Morgan fingerprint density at radius 3 is 2.67 bits per heavy atom. The fourth-order valence-corrected chi connectivity index (χ4v) is 2.02. The number of benzene rings is 1. The summed E-state index contributed by atoms with van der Waals surface area (Å²) in [6, 6.07) is 5.78. The predicted molar refractivity (Wildman–Crippen MR) is 69.1 cm³/mol. The van der Waals surface area contributed by atoms with E-state index < -0.39 is 0 Å². The van der Waals surface area contributed by atoms with Gasteiger partial charge in [-0.1, -0.05) is 23.8 Å². The zero-order chi connectivity index (χ0) is 13.3. The standard InChI is InChI=1S/C14H16N2O2/c1-9-5-6-11(10(2)7-9)14(17)13-12(18-4)8-15-16(13)3/h5-8H,1-4H3. The third-order valence-corrected chi connectivity index (χ3v) is 2.97. The molecule has 1 heterocycles. The second-order valence-corrected chi connectivity index (χ2v) is 4.33. The molecule has 0 N–H and O–H groups in total. The largest absolute Gasteiger partial charge is 0.493 e. The number of nitrogens with zero attached hydrogens (tertiary/aromatic N) is 2. The van der Waals surface area contributed by atoms with Crippen molar-refractivity contribution in [1.82, 2.24) is 9.78 Å². The highest BCUT2D eigenvalue weighted by Crippen LogP contribution is 2.22. The zero-order valence-corrected chi connectivity index (χ0v) is 11.0. The van der Waals surface area contributed by atoms with Gasteiger partial charge in [-0.3, -0.25) is 9.48 Å². The topological polar surface area (TPSA) is 44.1 Å². The van der Waals surface area contributed by atoms with E-state index in [-0.39, 0.29) is 5.78 Å². The third kappa shape index (κ3) is 2.01. The molecular weight excluding hydrogens is 228 g/mol. The Morgan fingerprint density at radius 1 is 1.33 bits per heavy atom. The highest BCUT2D eigenvalue weighted by atomic mass is 16.5. The van der Waals surface area contributed by atoms with Gasteiger partial charge in [0.15, 0.2) is 11.4 Å². The second-order valence-electron chi connectivity index (χ2n) is 4.33. The van der Waals surface area contributed by atoms with Crippen LogP contribution in [0.15, 0.2) is 24.4 Å². The van der Waals surface area contributed by atoms with E-state index in [0.29, 0.717) is 17.0 Å². The van der Waals surface area contributed by atoms with Crippen molar-refractivity contribution in [3.63, 3.8) is 0 Å². The maximum Gasteiger partial charge on any atom is 0.215 e. The lowest BCUT2D eigenvalue weighted by atomic mass is 10.0. The average Bonchev–Trinajstić information content (AvgIpc) is 2.69. The number of carbonyl (C=O) groups excluding carboxylic acids is 1. The van der Waals surface area contributed by atoms with Crippen LogP contribution >= 0.6 is 0 Å². The summed E-state index contributed by atoms with van der Waals surface area (Å²) in [5, 5.41) is 4.05. The van der Waals surface area contributed by atoms with Crippen LogP contribution in [0.1, 0.15) is 27.2 Å². The van der Waals surface area contributed by atoms with Gasteiger partial charge < -0.3 is 4.74 Å². The smallest absolute Gasteiger partial charge is 0.215 e. The minimum absolute atomic E-state index is 0.0654. The maximum absolute atomic E-state index is 12.5. The molecule has 0 radical (unpaired) electrons. The van der Waals surface area contributed by atoms with E-state index in [4.69, 9.17) is 4.74 Å². The van der Waals surface area contributed by atoms with Crippen LogP contribution in [-0.2, 0) is 7.05 Å². The molecule has 0 bridgehead atoms. The van der Waals surface area contributed by atoms with Crippen LogP contribution in [0.3, 0.4) is 0 Å². The van der Waals surface area contributed by atoms with Crippen LogP contribution in [-0.4, -0.2) is 22.7 Å². The fourth-order valence-electron chi connectivity index (χ4n) is 2.02. The van der Waals surface area contributed by atoms with E-state index >= 15 is 0 Å². The van der Waals surface area contributed by atoms with Crippen molar-refractivity contribution in [3.05, 3.63) is 46.8 Å². The first-order valence-corrected chi connectivity index (χ1v) is 5.72. The first kappa shape index (κ1) is 12.4. The Bertz CT molecular complexity index is 600. The fraction of sp³-hybridized carbons (Fsp3) is 0.286. The molecule has 0 spiro atoms. The molecule has 2 rings (SSSR count). The molecule has 0 aliphatic carbocycles. The van der Waals surface area contributed by atoms with Crippen molar-refractivity contribution < 1.29 is 9.53 Å². The van der Waals surface area contributed by atoms with Gasteiger partial charge >= 0.3 is 0 Å². The van der Waals surface area contributed by atoms with Gasteiger partial charge in [-0.05, 0) is 19.4 Å². The summed E-state index contributed by atoms with van der Waals surface area (Å²) < 4.78 is 6.71. The van der Waals surface area contributed by atoms with Crippen molar-refractivity contribution in [1.29, 1.82) is 0 Å². The lowest BCUT2D eigenvalue weighted by Gasteiger charge is -2.08. The zero-order valence-electron chi connectivity index (χ0n) is 11.0. The van der Waals surface area contributed by atoms with E-state index in [1.165, 1.54) is 7.11 Å². The molecular formula is C14H16N2O2. The van der Waals surface area contributed by atoms with E-state index in [2.05, 4.69) is 5.10 Å². The highest BCUT2D eigenvalue weighted by molar-refractivity contribution is 6.10. The summed E-state index contributed by atoms with van der Waals surface area (Å²) >= 11 is 0. The van der Waals surface area contributed by atoms with Crippen LogP contribution in [0.4, 0.5) is 0 Å².